The molecular weight excluding hydrogens is 286 g/mol. The van der Waals surface area contributed by atoms with Gasteiger partial charge < -0.3 is 10.1 Å². The monoisotopic (exact) mass is 299 g/mol. The summed E-state index contributed by atoms with van der Waals surface area (Å²) in [6.07, 6.45) is 0. The first-order valence-corrected chi connectivity index (χ1v) is 7.10. The van der Waals surface area contributed by atoms with Crippen LogP contribution in [0.25, 0.3) is 11.0 Å². The van der Waals surface area contributed by atoms with Gasteiger partial charge in [-0.05, 0) is 30.7 Å². The zero-order valence-electron chi connectivity index (χ0n) is 11.6. The van der Waals surface area contributed by atoms with Gasteiger partial charge in [-0.25, -0.2) is 0 Å². The molecule has 21 heavy (non-hydrogen) atoms. The van der Waals surface area contributed by atoms with Gasteiger partial charge >= 0.3 is 0 Å². The molecular formula is C15H13N3O2S. The zero-order chi connectivity index (χ0) is 14.8. The van der Waals surface area contributed by atoms with Crippen molar-refractivity contribution in [3.8, 4) is 5.75 Å². The van der Waals surface area contributed by atoms with Crippen LogP contribution in [-0.4, -0.2) is 21.8 Å². The second-order valence-corrected chi connectivity index (χ2v) is 5.08. The van der Waals surface area contributed by atoms with Crippen LogP contribution < -0.4 is 10.1 Å². The van der Waals surface area contributed by atoms with Gasteiger partial charge in [-0.15, -0.1) is 0 Å². The maximum Gasteiger partial charge on any atom is 0.259 e. The third-order valence-electron chi connectivity index (χ3n) is 3.19. The van der Waals surface area contributed by atoms with Crippen LogP contribution in [0.2, 0.25) is 0 Å². The third-order valence-corrected chi connectivity index (χ3v) is 3.74. The first-order chi connectivity index (χ1) is 10.2. The summed E-state index contributed by atoms with van der Waals surface area (Å²) in [4.78, 5) is 12.5. The Kier molecular flexibility index (Phi) is 3.53. The Labute approximate surface area is 125 Å². The van der Waals surface area contributed by atoms with Crippen LogP contribution in [0, 0.1) is 6.92 Å². The van der Waals surface area contributed by atoms with Crippen molar-refractivity contribution >= 4 is 34.4 Å². The molecule has 0 radical (unpaired) electrons. The molecule has 5 nitrogen and oxygen atoms in total. The van der Waals surface area contributed by atoms with Crippen molar-refractivity contribution in [1.29, 1.82) is 0 Å². The van der Waals surface area contributed by atoms with Gasteiger partial charge in [0.1, 0.15) is 16.8 Å². The van der Waals surface area contributed by atoms with E-state index in [9.17, 15) is 4.79 Å². The van der Waals surface area contributed by atoms with E-state index in [2.05, 4.69) is 14.1 Å². The van der Waals surface area contributed by atoms with E-state index in [1.54, 1.807) is 13.2 Å². The number of hydrogen-bond acceptors (Lipinski definition) is 5. The quantitative estimate of drug-likeness (QED) is 0.806. The van der Waals surface area contributed by atoms with E-state index in [0.29, 0.717) is 22.5 Å². The fourth-order valence-corrected chi connectivity index (χ4v) is 2.75. The van der Waals surface area contributed by atoms with Gasteiger partial charge in [-0.1, -0.05) is 18.2 Å². The molecule has 0 aliphatic heterocycles. The molecule has 0 unspecified atom stereocenters. The maximum absolute atomic E-state index is 12.5. The number of fused-ring (bicyclic) bond motifs is 1. The Bertz CT molecular complexity index is 814. The lowest BCUT2D eigenvalue weighted by molar-refractivity contribution is 0.102. The SMILES string of the molecule is COc1c(C)cccc1C(=O)Nc1cccc2nsnc12. The molecule has 0 bridgehead atoms. The number of para-hydroxylation sites is 1. The van der Waals surface area contributed by atoms with Crippen LogP contribution in [0.5, 0.6) is 5.75 Å². The Morgan fingerprint density at radius 2 is 2.00 bits per heavy atom. The number of nitrogens with one attached hydrogen (secondary N) is 1. The number of nitrogens with zero attached hydrogens (tertiary/aromatic N) is 2. The molecule has 1 aromatic heterocycles. The molecule has 1 N–H and O–H groups in total. The minimum absolute atomic E-state index is 0.226. The Hall–Kier alpha value is -2.47. The summed E-state index contributed by atoms with van der Waals surface area (Å²) in [5, 5.41) is 2.87. The predicted octanol–water partition coefficient (Wildman–Crippen LogP) is 3.26. The highest BCUT2D eigenvalue weighted by Crippen LogP contribution is 2.26. The average molecular weight is 299 g/mol. The number of carbonyl (C=O) groups is 1. The fraction of sp³-hybridized carbons (Fsp3) is 0.133. The molecule has 0 saturated heterocycles. The molecule has 1 heterocycles. The Morgan fingerprint density at radius 1 is 1.19 bits per heavy atom. The molecule has 0 atom stereocenters. The van der Waals surface area contributed by atoms with Gasteiger partial charge in [-0.2, -0.15) is 8.75 Å². The minimum atomic E-state index is -0.226. The summed E-state index contributed by atoms with van der Waals surface area (Å²) < 4.78 is 13.7. The number of aromatic nitrogens is 2. The molecule has 1 amide bonds. The summed E-state index contributed by atoms with van der Waals surface area (Å²) >= 11 is 1.12. The van der Waals surface area contributed by atoms with Crippen molar-refractivity contribution in [2.75, 3.05) is 12.4 Å². The van der Waals surface area contributed by atoms with Crippen molar-refractivity contribution in [3.63, 3.8) is 0 Å². The molecule has 3 rings (SSSR count). The fourth-order valence-electron chi connectivity index (χ4n) is 2.20. The summed E-state index contributed by atoms with van der Waals surface area (Å²) in [6, 6.07) is 11.0. The summed E-state index contributed by atoms with van der Waals surface area (Å²) in [5.41, 5.74) is 3.53. The van der Waals surface area contributed by atoms with Gasteiger partial charge in [0, 0.05) is 0 Å². The van der Waals surface area contributed by atoms with Crippen molar-refractivity contribution in [2.24, 2.45) is 0 Å². The number of hydrogen-bond donors (Lipinski definition) is 1. The van der Waals surface area contributed by atoms with Crippen LogP contribution >= 0.6 is 11.7 Å². The summed E-state index contributed by atoms with van der Waals surface area (Å²) in [5.74, 6) is 0.356. The van der Waals surface area contributed by atoms with Crippen molar-refractivity contribution in [2.45, 2.75) is 6.92 Å². The van der Waals surface area contributed by atoms with E-state index in [0.717, 1.165) is 22.8 Å². The average Bonchev–Trinajstić information content (AvgIpc) is 2.96. The third kappa shape index (κ3) is 2.45. The zero-order valence-corrected chi connectivity index (χ0v) is 12.4. The number of anilines is 1. The highest BCUT2D eigenvalue weighted by atomic mass is 32.1. The predicted molar refractivity (Wildman–Crippen MR) is 83.1 cm³/mol. The minimum Gasteiger partial charge on any atom is -0.496 e. The number of amides is 1. The first kappa shape index (κ1) is 13.5. The van der Waals surface area contributed by atoms with Gasteiger partial charge in [0.25, 0.3) is 5.91 Å². The molecule has 0 saturated carbocycles. The van der Waals surface area contributed by atoms with Gasteiger partial charge in [0.15, 0.2) is 0 Å². The van der Waals surface area contributed by atoms with Crippen LogP contribution in [0.3, 0.4) is 0 Å². The van der Waals surface area contributed by atoms with Gasteiger partial charge in [-0.3, -0.25) is 4.79 Å². The number of ether oxygens (including phenoxy) is 1. The first-order valence-electron chi connectivity index (χ1n) is 6.37. The van der Waals surface area contributed by atoms with Crippen LogP contribution in [0.1, 0.15) is 15.9 Å². The molecule has 106 valence electrons. The molecule has 3 aromatic rings. The normalized spacial score (nSPS) is 10.6. The molecule has 6 heteroatoms. The second-order valence-electron chi connectivity index (χ2n) is 4.55. The lowest BCUT2D eigenvalue weighted by Gasteiger charge is -2.11. The van der Waals surface area contributed by atoms with Crippen molar-refractivity contribution in [3.05, 3.63) is 47.5 Å². The van der Waals surface area contributed by atoms with Crippen LogP contribution in [0.15, 0.2) is 36.4 Å². The van der Waals surface area contributed by atoms with E-state index in [1.165, 1.54) is 0 Å². The van der Waals surface area contributed by atoms with Gasteiger partial charge in [0.05, 0.1) is 30.1 Å². The lowest BCUT2D eigenvalue weighted by Crippen LogP contribution is -2.14. The van der Waals surface area contributed by atoms with Crippen LogP contribution in [-0.2, 0) is 0 Å². The summed E-state index contributed by atoms with van der Waals surface area (Å²) in [7, 11) is 1.56. The molecule has 2 aromatic carbocycles. The maximum atomic E-state index is 12.5. The molecule has 0 spiro atoms. The van der Waals surface area contributed by atoms with Crippen molar-refractivity contribution in [1.82, 2.24) is 8.75 Å². The Balaban J connectivity index is 1.97. The van der Waals surface area contributed by atoms with E-state index in [1.807, 2.05) is 37.3 Å². The lowest BCUT2D eigenvalue weighted by atomic mass is 10.1. The van der Waals surface area contributed by atoms with E-state index < -0.39 is 0 Å². The number of methoxy groups -OCH3 is 1. The molecule has 0 aliphatic carbocycles. The number of rotatable bonds is 3. The topological polar surface area (TPSA) is 64.1 Å². The number of aryl methyl sites for hydroxylation is 1. The van der Waals surface area contributed by atoms with Crippen LogP contribution in [0.4, 0.5) is 5.69 Å². The van der Waals surface area contributed by atoms with Crippen molar-refractivity contribution < 1.29 is 9.53 Å². The second kappa shape index (κ2) is 5.49. The molecule has 0 aliphatic rings. The van der Waals surface area contributed by atoms with E-state index in [-0.39, 0.29) is 5.91 Å². The standard InChI is InChI=1S/C15H13N3O2S/c1-9-5-3-6-10(14(9)20-2)15(19)16-11-7-4-8-12-13(11)18-21-17-12/h3-8H,1-2H3,(H,16,19). The summed E-state index contributed by atoms with van der Waals surface area (Å²) in [6.45, 7) is 1.90. The Morgan fingerprint density at radius 3 is 2.81 bits per heavy atom. The van der Waals surface area contributed by atoms with E-state index >= 15 is 0 Å². The number of benzene rings is 2. The van der Waals surface area contributed by atoms with Gasteiger partial charge in [0.2, 0.25) is 0 Å². The highest BCUT2D eigenvalue weighted by molar-refractivity contribution is 7.00. The smallest absolute Gasteiger partial charge is 0.259 e. The van der Waals surface area contributed by atoms with E-state index in [4.69, 9.17) is 4.74 Å². The largest absolute Gasteiger partial charge is 0.496 e. The highest BCUT2D eigenvalue weighted by Gasteiger charge is 2.15. The number of carbonyl (C=O) groups excluding carboxylic acids is 1. The molecule has 0 fully saturated rings.